The van der Waals surface area contributed by atoms with Gasteiger partial charge in [0.25, 0.3) is 0 Å². The Morgan fingerprint density at radius 2 is 2.22 bits per heavy atom. The molecule has 2 rings (SSSR count). The number of hydrogen-bond donors (Lipinski definition) is 3. The lowest BCUT2D eigenvalue weighted by atomic mass is 10.1. The Bertz CT molecular complexity index is 538. The van der Waals surface area contributed by atoms with Crippen LogP contribution in [0.1, 0.15) is 15.9 Å². The molecule has 0 radical (unpaired) electrons. The van der Waals surface area contributed by atoms with Gasteiger partial charge in [0.05, 0.1) is 5.56 Å². The van der Waals surface area contributed by atoms with Crippen LogP contribution >= 0.6 is 11.3 Å². The van der Waals surface area contributed by atoms with E-state index in [1.165, 1.54) is 11.6 Å². The first-order valence-corrected chi connectivity index (χ1v) is 6.49. The molecule has 18 heavy (non-hydrogen) atoms. The van der Waals surface area contributed by atoms with Gasteiger partial charge in [0.15, 0.2) is 0 Å². The van der Waals surface area contributed by atoms with Crippen LogP contribution in [0.4, 0.5) is 11.4 Å². The zero-order chi connectivity index (χ0) is 13.0. The summed E-state index contributed by atoms with van der Waals surface area (Å²) < 4.78 is 0. The smallest absolute Gasteiger partial charge is 0.337 e. The average Bonchev–Trinajstić information content (AvgIpc) is 2.84. The van der Waals surface area contributed by atoms with E-state index < -0.39 is 5.97 Å². The molecule has 2 aromatic rings. The van der Waals surface area contributed by atoms with E-state index in [0.717, 1.165) is 6.42 Å². The number of carbonyl (C=O) groups is 1. The Morgan fingerprint density at radius 3 is 2.89 bits per heavy atom. The summed E-state index contributed by atoms with van der Waals surface area (Å²) in [6.45, 7) is 0.695. The Kier molecular flexibility index (Phi) is 3.84. The van der Waals surface area contributed by atoms with E-state index >= 15 is 0 Å². The van der Waals surface area contributed by atoms with Crippen LogP contribution in [0, 0.1) is 0 Å². The zero-order valence-electron chi connectivity index (χ0n) is 9.72. The highest BCUT2D eigenvalue weighted by Crippen LogP contribution is 2.19. The van der Waals surface area contributed by atoms with E-state index in [0.29, 0.717) is 17.9 Å². The number of hydrogen-bond acceptors (Lipinski definition) is 4. The van der Waals surface area contributed by atoms with E-state index in [9.17, 15) is 4.79 Å². The van der Waals surface area contributed by atoms with Gasteiger partial charge in [-0.15, -0.1) is 0 Å². The summed E-state index contributed by atoms with van der Waals surface area (Å²) in [4.78, 5) is 11.1. The van der Waals surface area contributed by atoms with Crippen molar-refractivity contribution in [3.05, 3.63) is 46.2 Å². The first kappa shape index (κ1) is 12.4. The van der Waals surface area contributed by atoms with Crippen molar-refractivity contribution in [3.8, 4) is 0 Å². The molecule has 0 fully saturated rings. The second-order valence-corrected chi connectivity index (χ2v) is 4.70. The first-order valence-electron chi connectivity index (χ1n) is 5.54. The third-order valence-electron chi connectivity index (χ3n) is 2.58. The molecule has 0 saturated carbocycles. The van der Waals surface area contributed by atoms with E-state index in [1.54, 1.807) is 23.5 Å². The molecular formula is C13H14N2O2S. The lowest BCUT2D eigenvalue weighted by Crippen LogP contribution is -2.09. The first-order chi connectivity index (χ1) is 8.66. The molecule has 4 N–H and O–H groups in total. The molecule has 0 spiro atoms. The van der Waals surface area contributed by atoms with Crippen molar-refractivity contribution < 1.29 is 9.90 Å². The number of carboxylic acid groups (broad SMARTS) is 1. The maximum absolute atomic E-state index is 11.1. The topological polar surface area (TPSA) is 75.3 Å². The van der Waals surface area contributed by atoms with Crippen LogP contribution in [0.25, 0.3) is 0 Å². The van der Waals surface area contributed by atoms with E-state index in [2.05, 4.69) is 16.8 Å². The van der Waals surface area contributed by atoms with Crippen LogP contribution in [-0.2, 0) is 6.42 Å². The summed E-state index contributed by atoms with van der Waals surface area (Å²) in [7, 11) is 0. The maximum Gasteiger partial charge on any atom is 0.337 e. The molecule has 1 aromatic heterocycles. The van der Waals surface area contributed by atoms with Crippen molar-refractivity contribution in [3.63, 3.8) is 0 Å². The van der Waals surface area contributed by atoms with Crippen LogP contribution < -0.4 is 11.1 Å². The van der Waals surface area contributed by atoms with Gasteiger partial charge in [-0.25, -0.2) is 4.79 Å². The van der Waals surface area contributed by atoms with E-state index in [-0.39, 0.29) is 5.56 Å². The van der Waals surface area contributed by atoms with Gasteiger partial charge in [0, 0.05) is 17.9 Å². The minimum Gasteiger partial charge on any atom is -0.478 e. The molecule has 0 saturated heterocycles. The van der Waals surface area contributed by atoms with Gasteiger partial charge in [-0.1, -0.05) is 0 Å². The lowest BCUT2D eigenvalue weighted by molar-refractivity contribution is 0.0698. The SMILES string of the molecule is Nc1ccc(NCCc2ccsc2)c(C(=O)O)c1. The number of thiophene rings is 1. The second-order valence-electron chi connectivity index (χ2n) is 3.92. The van der Waals surface area contributed by atoms with Crippen molar-refractivity contribution in [2.75, 3.05) is 17.6 Å². The van der Waals surface area contributed by atoms with Crippen molar-refractivity contribution >= 4 is 28.7 Å². The highest BCUT2D eigenvalue weighted by molar-refractivity contribution is 7.07. The molecule has 4 nitrogen and oxygen atoms in total. The number of nitrogens with two attached hydrogens (primary N) is 1. The summed E-state index contributed by atoms with van der Waals surface area (Å²) in [6, 6.07) is 6.93. The highest BCUT2D eigenvalue weighted by Gasteiger charge is 2.09. The molecule has 1 aromatic carbocycles. The molecule has 5 heteroatoms. The monoisotopic (exact) mass is 262 g/mol. The number of benzene rings is 1. The molecule has 0 atom stereocenters. The lowest BCUT2D eigenvalue weighted by Gasteiger charge is -2.09. The fourth-order valence-corrected chi connectivity index (χ4v) is 2.37. The van der Waals surface area contributed by atoms with Crippen molar-refractivity contribution in [1.29, 1.82) is 0 Å². The predicted molar refractivity (Wildman–Crippen MR) is 74.3 cm³/mol. The Balaban J connectivity index is 2.02. The molecule has 0 aliphatic carbocycles. The Labute approximate surface area is 109 Å². The fraction of sp³-hybridized carbons (Fsp3) is 0.154. The van der Waals surface area contributed by atoms with Gasteiger partial charge in [0.2, 0.25) is 0 Å². The van der Waals surface area contributed by atoms with E-state index in [4.69, 9.17) is 10.8 Å². The molecule has 0 bridgehead atoms. The van der Waals surface area contributed by atoms with Gasteiger partial charge in [-0.3, -0.25) is 0 Å². The summed E-state index contributed by atoms with van der Waals surface area (Å²) in [6.07, 6.45) is 0.868. The zero-order valence-corrected chi connectivity index (χ0v) is 10.5. The summed E-state index contributed by atoms with van der Waals surface area (Å²) in [5.41, 5.74) is 8.10. The number of anilines is 2. The number of carboxylic acids is 1. The largest absolute Gasteiger partial charge is 0.478 e. The molecule has 0 amide bonds. The van der Waals surface area contributed by atoms with Crippen LogP contribution in [0.2, 0.25) is 0 Å². The van der Waals surface area contributed by atoms with E-state index in [1.807, 2.05) is 5.38 Å². The van der Waals surface area contributed by atoms with Crippen LogP contribution in [0.5, 0.6) is 0 Å². The summed E-state index contributed by atoms with van der Waals surface area (Å²) >= 11 is 1.66. The number of rotatable bonds is 5. The van der Waals surface area contributed by atoms with Crippen molar-refractivity contribution in [2.45, 2.75) is 6.42 Å². The molecule has 1 heterocycles. The maximum atomic E-state index is 11.1. The van der Waals surface area contributed by atoms with Crippen LogP contribution in [-0.4, -0.2) is 17.6 Å². The number of nitrogens with one attached hydrogen (secondary N) is 1. The fourth-order valence-electron chi connectivity index (χ4n) is 1.67. The number of nitrogen functional groups attached to an aromatic ring is 1. The molecule has 94 valence electrons. The molecule has 0 aliphatic heterocycles. The van der Waals surface area contributed by atoms with Gasteiger partial charge < -0.3 is 16.2 Å². The van der Waals surface area contributed by atoms with Crippen LogP contribution in [0.3, 0.4) is 0 Å². The predicted octanol–water partition coefficient (Wildman–Crippen LogP) is 2.68. The third-order valence-corrected chi connectivity index (χ3v) is 3.32. The Hall–Kier alpha value is -2.01. The third kappa shape index (κ3) is 3.01. The quantitative estimate of drug-likeness (QED) is 0.724. The minimum atomic E-state index is -0.972. The molecule has 0 aliphatic rings. The van der Waals surface area contributed by atoms with Crippen molar-refractivity contribution in [2.24, 2.45) is 0 Å². The van der Waals surface area contributed by atoms with Gasteiger partial charge in [-0.2, -0.15) is 11.3 Å². The standard InChI is InChI=1S/C13H14N2O2S/c14-10-1-2-12(11(7-10)13(16)17)15-5-3-9-4-6-18-8-9/h1-2,4,6-8,15H,3,5,14H2,(H,16,17). The number of aromatic carboxylic acids is 1. The Morgan fingerprint density at radius 1 is 1.39 bits per heavy atom. The highest BCUT2D eigenvalue weighted by atomic mass is 32.1. The van der Waals surface area contributed by atoms with Crippen molar-refractivity contribution in [1.82, 2.24) is 0 Å². The van der Waals surface area contributed by atoms with Gasteiger partial charge >= 0.3 is 5.97 Å². The summed E-state index contributed by atoms with van der Waals surface area (Å²) in [5, 5.41) is 16.3. The minimum absolute atomic E-state index is 0.209. The van der Waals surface area contributed by atoms with Crippen LogP contribution in [0.15, 0.2) is 35.0 Å². The molecular weight excluding hydrogens is 248 g/mol. The summed E-state index contributed by atoms with van der Waals surface area (Å²) in [5.74, 6) is -0.972. The normalized spacial score (nSPS) is 10.2. The van der Waals surface area contributed by atoms with Gasteiger partial charge in [-0.05, 0) is 47.0 Å². The molecule has 0 unspecified atom stereocenters. The average molecular weight is 262 g/mol. The second kappa shape index (κ2) is 5.55. The van der Waals surface area contributed by atoms with Gasteiger partial charge in [0.1, 0.15) is 0 Å².